The molecule has 0 radical (unpaired) electrons. The topological polar surface area (TPSA) is 67.2 Å². The minimum absolute atomic E-state index is 0.195. The second-order valence-corrected chi connectivity index (χ2v) is 14.1. The van der Waals surface area contributed by atoms with E-state index in [-0.39, 0.29) is 13.2 Å². The Morgan fingerprint density at radius 1 is 0.800 bits per heavy atom. The highest BCUT2D eigenvalue weighted by Crippen LogP contribution is 2.40. The number of phenolic OH excluding ortho intramolecular Hbond substituents is 1. The molecule has 0 saturated carbocycles. The lowest BCUT2D eigenvalue weighted by Crippen LogP contribution is -2.40. The summed E-state index contributed by atoms with van der Waals surface area (Å²) >= 11 is 5.83. The van der Waals surface area contributed by atoms with E-state index in [1.165, 1.54) is 28.8 Å². The van der Waals surface area contributed by atoms with Crippen LogP contribution in [0.3, 0.4) is 0 Å². The van der Waals surface area contributed by atoms with Crippen LogP contribution in [-0.2, 0) is 19.5 Å². The van der Waals surface area contributed by atoms with E-state index >= 15 is 0 Å². The van der Waals surface area contributed by atoms with Crippen molar-refractivity contribution in [1.29, 1.82) is 0 Å². The number of nitrogens with zero attached hydrogens (tertiary/aromatic N) is 2. The number of hydrogen-bond acceptors (Lipinski definition) is 8. The minimum atomic E-state index is 0.195. The fourth-order valence-corrected chi connectivity index (χ4v) is 9.41. The average molecular weight is 599 g/mol. The summed E-state index contributed by atoms with van der Waals surface area (Å²) in [4.78, 5) is 6.12. The van der Waals surface area contributed by atoms with Crippen molar-refractivity contribution in [1.82, 2.24) is 9.80 Å². The summed E-state index contributed by atoms with van der Waals surface area (Å²) in [6, 6.07) is 15.6. The quantitative estimate of drug-likeness (QED) is 0.164. The van der Waals surface area contributed by atoms with Crippen LogP contribution in [0.5, 0.6) is 5.75 Å². The summed E-state index contributed by atoms with van der Waals surface area (Å²) in [7, 11) is 3.41. The van der Waals surface area contributed by atoms with Gasteiger partial charge < -0.3 is 15.3 Å². The Kier molecular flexibility index (Phi) is 10.8. The normalized spacial score (nSPS) is 20.6. The Labute approximate surface area is 251 Å². The molecule has 40 heavy (non-hydrogen) atoms. The number of aliphatic hydroxyl groups excluding tert-OH is 2. The van der Waals surface area contributed by atoms with Gasteiger partial charge in [0.2, 0.25) is 0 Å². The predicted molar refractivity (Wildman–Crippen MR) is 169 cm³/mol. The van der Waals surface area contributed by atoms with Gasteiger partial charge in [0.05, 0.1) is 4.88 Å². The maximum atomic E-state index is 11.7. The third-order valence-electron chi connectivity index (χ3n) is 8.64. The highest BCUT2D eigenvalue weighted by molar-refractivity contribution is 7.80. The summed E-state index contributed by atoms with van der Waals surface area (Å²) in [5.74, 6) is 0.397. The van der Waals surface area contributed by atoms with E-state index in [4.69, 9.17) is 12.2 Å². The van der Waals surface area contributed by atoms with Crippen LogP contribution in [0.15, 0.2) is 42.5 Å². The van der Waals surface area contributed by atoms with Gasteiger partial charge in [0.25, 0.3) is 0 Å². The molecule has 1 aromatic heterocycles. The molecule has 2 aromatic carbocycles. The molecule has 2 fully saturated rings. The molecule has 2 unspecified atom stereocenters. The zero-order valence-corrected chi connectivity index (χ0v) is 25.7. The monoisotopic (exact) mass is 598 g/mol. The molecule has 216 valence electrons. The molecule has 2 saturated heterocycles. The van der Waals surface area contributed by atoms with E-state index in [0.717, 1.165) is 78.5 Å². The molecule has 3 N–H and O–H groups in total. The van der Waals surface area contributed by atoms with Crippen molar-refractivity contribution in [2.45, 2.75) is 83.0 Å². The van der Waals surface area contributed by atoms with Crippen LogP contribution in [0.4, 0.5) is 0 Å². The Morgan fingerprint density at radius 3 is 1.93 bits per heavy atom. The van der Waals surface area contributed by atoms with Crippen molar-refractivity contribution in [3.8, 4) is 16.2 Å². The third-order valence-corrected chi connectivity index (χ3v) is 11.8. The summed E-state index contributed by atoms with van der Waals surface area (Å²) < 4.78 is 0.943. The Balaban J connectivity index is 1.53. The number of benzene rings is 2. The standard InChI is InChI=1S/C32H42N2O3S3/c35-16-12-27-10-4-6-14-33(27)21-25-19-24(31-29(32(38)40-39-31)18-23-8-2-1-3-9-23)20-26(30(25)37)22-34-15-7-5-11-28(34)13-17-36/h1-3,8-9,19-20,27-28,35-37H,4-7,10-18,21-22H2. The van der Waals surface area contributed by atoms with Crippen molar-refractivity contribution in [3.05, 3.63) is 68.5 Å². The molecule has 5 rings (SSSR count). The number of likely N-dealkylation sites (tertiary alicyclic amines) is 2. The molecule has 8 heteroatoms. The fourth-order valence-electron chi connectivity index (χ4n) is 6.51. The second-order valence-electron chi connectivity index (χ2n) is 11.3. The molecule has 5 nitrogen and oxygen atoms in total. The van der Waals surface area contributed by atoms with E-state index in [2.05, 4.69) is 46.2 Å². The van der Waals surface area contributed by atoms with Crippen molar-refractivity contribution in [3.63, 3.8) is 0 Å². The van der Waals surface area contributed by atoms with Crippen molar-refractivity contribution < 1.29 is 15.3 Å². The molecule has 0 amide bonds. The first-order valence-corrected chi connectivity index (χ1v) is 17.3. The smallest absolute Gasteiger partial charge is 0.124 e. The summed E-state index contributed by atoms with van der Waals surface area (Å²) in [5, 5.41) is 31.1. The van der Waals surface area contributed by atoms with Crippen LogP contribution in [0.2, 0.25) is 0 Å². The first kappa shape index (κ1) is 29.8. The van der Waals surface area contributed by atoms with Gasteiger partial charge in [-0.25, -0.2) is 0 Å². The lowest BCUT2D eigenvalue weighted by Gasteiger charge is -2.37. The minimum Gasteiger partial charge on any atom is -0.507 e. The molecule has 3 heterocycles. The number of hydrogen-bond donors (Lipinski definition) is 3. The van der Waals surface area contributed by atoms with Gasteiger partial charge in [-0.05, 0) is 74.9 Å². The third kappa shape index (κ3) is 7.21. The van der Waals surface area contributed by atoms with Crippen LogP contribution < -0.4 is 0 Å². The van der Waals surface area contributed by atoms with Crippen molar-refractivity contribution >= 4 is 32.9 Å². The lowest BCUT2D eigenvalue weighted by molar-refractivity contribution is 0.109. The first-order valence-electron chi connectivity index (χ1n) is 14.8. The van der Waals surface area contributed by atoms with Gasteiger partial charge in [-0.1, -0.05) is 76.1 Å². The molecule has 2 atom stereocenters. The molecule has 3 aromatic rings. The number of phenols is 1. The molecule has 2 aliphatic heterocycles. The van der Waals surface area contributed by atoms with Gasteiger partial charge in [0.1, 0.15) is 9.57 Å². The highest BCUT2D eigenvalue weighted by atomic mass is 32.9. The van der Waals surface area contributed by atoms with E-state index in [0.29, 0.717) is 30.9 Å². The van der Waals surface area contributed by atoms with Crippen molar-refractivity contribution in [2.24, 2.45) is 0 Å². The Bertz CT molecular complexity index is 1240. The van der Waals surface area contributed by atoms with Crippen LogP contribution in [0, 0.1) is 3.82 Å². The number of aromatic hydroxyl groups is 1. The van der Waals surface area contributed by atoms with Crippen LogP contribution in [0.1, 0.15) is 73.6 Å². The maximum Gasteiger partial charge on any atom is 0.124 e. The van der Waals surface area contributed by atoms with Gasteiger partial charge in [-0.2, -0.15) is 0 Å². The highest BCUT2D eigenvalue weighted by Gasteiger charge is 2.27. The lowest BCUT2D eigenvalue weighted by atomic mass is 9.94. The largest absolute Gasteiger partial charge is 0.507 e. The van der Waals surface area contributed by atoms with E-state index < -0.39 is 0 Å². The predicted octanol–water partition coefficient (Wildman–Crippen LogP) is 6.98. The second kappa shape index (κ2) is 14.5. The summed E-state index contributed by atoms with van der Waals surface area (Å²) in [6.07, 6.45) is 9.23. The van der Waals surface area contributed by atoms with E-state index in [9.17, 15) is 15.3 Å². The maximum absolute atomic E-state index is 11.7. The molecule has 0 bridgehead atoms. The van der Waals surface area contributed by atoms with Gasteiger partial charge in [-0.15, -0.1) is 0 Å². The van der Waals surface area contributed by atoms with Gasteiger partial charge >= 0.3 is 0 Å². The molecule has 0 aliphatic carbocycles. The van der Waals surface area contributed by atoms with Crippen molar-refractivity contribution in [2.75, 3.05) is 26.3 Å². The fraction of sp³-hybridized carbons (Fsp3) is 0.531. The molecular weight excluding hydrogens is 557 g/mol. The van der Waals surface area contributed by atoms with Crippen LogP contribution in [0.25, 0.3) is 10.4 Å². The zero-order valence-electron chi connectivity index (χ0n) is 23.3. The van der Waals surface area contributed by atoms with Gasteiger partial charge in [0.15, 0.2) is 0 Å². The average Bonchev–Trinajstić information content (AvgIpc) is 3.33. The molecular formula is C32H42N2O3S3. The van der Waals surface area contributed by atoms with Gasteiger partial charge in [0, 0.05) is 61.5 Å². The summed E-state index contributed by atoms with van der Waals surface area (Å²) in [6.45, 7) is 3.74. The number of rotatable bonds is 11. The zero-order chi connectivity index (χ0) is 27.9. The number of aliphatic hydroxyl groups is 2. The van der Waals surface area contributed by atoms with E-state index in [1.807, 2.05) is 6.07 Å². The molecule has 0 spiro atoms. The van der Waals surface area contributed by atoms with Crippen LogP contribution in [-0.4, -0.2) is 63.5 Å². The molecule has 2 aliphatic rings. The summed E-state index contributed by atoms with van der Waals surface area (Å²) in [5.41, 5.74) is 5.51. The SMILES string of the molecule is OCCC1CCCCN1Cc1cc(-c2ssc(=S)c2Cc2ccccc2)cc(CN2CCCCC2CCO)c1O. The number of piperidine rings is 2. The first-order chi connectivity index (χ1) is 19.6. The van der Waals surface area contributed by atoms with Gasteiger partial charge in [-0.3, -0.25) is 9.80 Å². The Hall–Kier alpha value is -1.65. The van der Waals surface area contributed by atoms with E-state index in [1.54, 1.807) is 20.7 Å². The van der Waals surface area contributed by atoms with Crippen LogP contribution >= 0.6 is 32.9 Å². The Morgan fingerprint density at radius 2 is 1.38 bits per heavy atom.